The Morgan fingerprint density at radius 3 is 2.91 bits per heavy atom. The Labute approximate surface area is 134 Å². The molecule has 0 saturated heterocycles. The lowest BCUT2D eigenvalue weighted by atomic mass is 10.2. The number of halogens is 1. The summed E-state index contributed by atoms with van der Waals surface area (Å²) in [6.07, 6.45) is 5.17. The first-order valence-corrected chi connectivity index (χ1v) is 6.53. The fraction of sp³-hybridized carbons (Fsp3) is 0.125. The summed E-state index contributed by atoms with van der Waals surface area (Å²) in [5.41, 5.74) is 2.62. The highest BCUT2D eigenvalue weighted by Crippen LogP contribution is 2.32. The fourth-order valence-electron chi connectivity index (χ4n) is 2.08. The average Bonchev–Trinajstić information content (AvgIpc) is 2.96. The zero-order chi connectivity index (χ0) is 14.7. The summed E-state index contributed by atoms with van der Waals surface area (Å²) in [4.78, 5) is 11.9. The molecule has 114 valence electrons. The van der Waals surface area contributed by atoms with Gasteiger partial charge in [-0.15, -0.1) is 12.4 Å². The molecule has 1 aromatic carbocycles. The smallest absolute Gasteiger partial charge is 0.142 e. The highest BCUT2D eigenvalue weighted by atomic mass is 35.5. The van der Waals surface area contributed by atoms with Crippen molar-refractivity contribution >= 4 is 23.4 Å². The number of ether oxygens (including phenoxy) is 2. The van der Waals surface area contributed by atoms with Crippen LogP contribution in [-0.4, -0.2) is 28.7 Å². The Bertz CT molecular complexity index is 753. The summed E-state index contributed by atoms with van der Waals surface area (Å²) >= 11 is 0. The Kier molecular flexibility index (Phi) is 5.01. The van der Waals surface area contributed by atoms with Crippen LogP contribution in [0.15, 0.2) is 49.3 Å². The van der Waals surface area contributed by atoms with Gasteiger partial charge in [-0.3, -0.25) is 4.98 Å². The molecule has 6 heteroatoms. The number of methoxy groups -OCH3 is 1. The van der Waals surface area contributed by atoms with Crippen molar-refractivity contribution in [3.8, 4) is 22.9 Å². The van der Waals surface area contributed by atoms with Gasteiger partial charge in [-0.2, -0.15) is 0 Å². The number of nitrogens with zero attached hydrogens (tertiary/aromatic N) is 2. The third-order valence-corrected chi connectivity index (χ3v) is 3.08. The van der Waals surface area contributed by atoms with Crippen LogP contribution in [0.4, 0.5) is 0 Å². The molecule has 0 saturated carbocycles. The normalized spacial score (nSPS) is 10.0. The van der Waals surface area contributed by atoms with Crippen molar-refractivity contribution in [1.82, 2.24) is 15.0 Å². The van der Waals surface area contributed by atoms with E-state index >= 15 is 0 Å². The van der Waals surface area contributed by atoms with Crippen LogP contribution < -0.4 is 9.47 Å². The second-order valence-electron chi connectivity index (χ2n) is 4.44. The van der Waals surface area contributed by atoms with E-state index in [1.807, 2.05) is 24.3 Å². The number of rotatable bonds is 5. The van der Waals surface area contributed by atoms with Crippen LogP contribution in [0.5, 0.6) is 11.5 Å². The largest absolute Gasteiger partial charge is 0.497 e. The van der Waals surface area contributed by atoms with Gasteiger partial charge >= 0.3 is 0 Å². The minimum atomic E-state index is 0. The van der Waals surface area contributed by atoms with Gasteiger partial charge in [0, 0.05) is 12.3 Å². The molecule has 0 aliphatic rings. The number of fused-ring (bicyclic) bond motifs is 1. The molecule has 3 rings (SSSR count). The first-order valence-electron chi connectivity index (χ1n) is 6.53. The molecule has 0 aliphatic carbocycles. The van der Waals surface area contributed by atoms with Crippen molar-refractivity contribution in [1.29, 1.82) is 0 Å². The van der Waals surface area contributed by atoms with E-state index in [9.17, 15) is 0 Å². The van der Waals surface area contributed by atoms with Gasteiger partial charge in [-0.25, -0.2) is 4.98 Å². The molecule has 0 amide bonds. The third-order valence-electron chi connectivity index (χ3n) is 3.08. The van der Waals surface area contributed by atoms with Crippen molar-refractivity contribution < 1.29 is 9.47 Å². The number of nitrogens with one attached hydrogen (secondary N) is 1. The number of H-pyrrole nitrogens is 1. The molecular formula is C16H16ClN3O2. The Balaban J connectivity index is 0.00000176. The molecule has 0 bridgehead atoms. The number of hydrogen-bond acceptors (Lipinski definition) is 4. The Morgan fingerprint density at radius 2 is 2.18 bits per heavy atom. The van der Waals surface area contributed by atoms with Gasteiger partial charge in [0.15, 0.2) is 0 Å². The zero-order valence-electron chi connectivity index (χ0n) is 12.1. The predicted octanol–water partition coefficient (Wildman–Crippen LogP) is 3.62. The second kappa shape index (κ2) is 6.95. The first kappa shape index (κ1) is 15.9. The number of benzene rings is 1. The molecule has 2 heterocycles. The van der Waals surface area contributed by atoms with Crippen molar-refractivity contribution in [2.75, 3.05) is 13.7 Å². The van der Waals surface area contributed by atoms with Crippen molar-refractivity contribution in [2.45, 2.75) is 0 Å². The van der Waals surface area contributed by atoms with Gasteiger partial charge in [0.05, 0.1) is 29.9 Å². The number of imidazole rings is 1. The summed E-state index contributed by atoms with van der Waals surface area (Å²) in [6.45, 7) is 4.09. The minimum Gasteiger partial charge on any atom is -0.497 e. The Morgan fingerprint density at radius 1 is 1.32 bits per heavy atom. The standard InChI is InChI=1S/C16H15N3O2.ClH/c1-3-8-21-15-9-11(20-2)4-5-12(15)16-18-13-6-7-17-10-14(13)19-16;/h3-7,9-10H,1,8H2,2H3,(H,18,19);1H. The van der Waals surface area contributed by atoms with Crippen LogP contribution in [0.2, 0.25) is 0 Å². The molecule has 1 N–H and O–H groups in total. The molecular weight excluding hydrogens is 302 g/mol. The summed E-state index contributed by atoms with van der Waals surface area (Å²) in [6, 6.07) is 7.50. The van der Waals surface area contributed by atoms with Gasteiger partial charge in [0.2, 0.25) is 0 Å². The summed E-state index contributed by atoms with van der Waals surface area (Å²) < 4.78 is 10.9. The quantitative estimate of drug-likeness (QED) is 0.730. The highest BCUT2D eigenvalue weighted by molar-refractivity contribution is 5.85. The van der Waals surface area contributed by atoms with Gasteiger partial charge in [-0.1, -0.05) is 12.7 Å². The molecule has 0 aliphatic heterocycles. The third kappa shape index (κ3) is 3.04. The van der Waals surface area contributed by atoms with E-state index in [1.165, 1.54) is 0 Å². The molecule has 0 fully saturated rings. The number of aromatic amines is 1. The number of aromatic nitrogens is 3. The lowest BCUT2D eigenvalue weighted by Crippen LogP contribution is -1.96. The maximum Gasteiger partial charge on any atom is 0.142 e. The maximum absolute atomic E-state index is 5.71. The van der Waals surface area contributed by atoms with Crippen molar-refractivity contribution in [3.05, 3.63) is 49.3 Å². The number of hydrogen-bond donors (Lipinski definition) is 1. The topological polar surface area (TPSA) is 60.0 Å². The lowest BCUT2D eigenvalue weighted by Gasteiger charge is -2.10. The maximum atomic E-state index is 5.71. The molecule has 0 unspecified atom stereocenters. The van der Waals surface area contributed by atoms with Crippen LogP contribution in [0.25, 0.3) is 22.4 Å². The predicted molar refractivity (Wildman–Crippen MR) is 88.8 cm³/mol. The Hall–Kier alpha value is -2.53. The molecule has 0 atom stereocenters. The van der Waals surface area contributed by atoms with E-state index in [4.69, 9.17) is 9.47 Å². The van der Waals surface area contributed by atoms with E-state index in [2.05, 4.69) is 21.5 Å². The first-order chi connectivity index (χ1) is 10.3. The van der Waals surface area contributed by atoms with E-state index in [0.29, 0.717) is 12.4 Å². The molecule has 0 radical (unpaired) electrons. The van der Waals surface area contributed by atoms with E-state index in [-0.39, 0.29) is 12.4 Å². The molecule has 2 aromatic heterocycles. The fourth-order valence-corrected chi connectivity index (χ4v) is 2.08. The lowest BCUT2D eigenvalue weighted by molar-refractivity contribution is 0.358. The van der Waals surface area contributed by atoms with Gasteiger partial charge < -0.3 is 14.5 Å². The highest BCUT2D eigenvalue weighted by Gasteiger charge is 2.12. The molecule has 22 heavy (non-hydrogen) atoms. The van der Waals surface area contributed by atoms with Crippen molar-refractivity contribution in [3.63, 3.8) is 0 Å². The van der Waals surface area contributed by atoms with E-state index < -0.39 is 0 Å². The molecule has 3 aromatic rings. The minimum absolute atomic E-state index is 0. The van der Waals surface area contributed by atoms with Crippen LogP contribution in [0.1, 0.15) is 0 Å². The zero-order valence-corrected chi connectivity index (χ0v) is 12.9. The van der Waals surface area contributed by atoms with E-state index in [1.54, 1.807) is 25.6 Å². The second-order valence-corrected chi connectivity index (χ2v) is 4.44. The average molecular weight is 318 g/mol. The summed E-state index contributed by atoms with van der Waals surface area (Å²) in [5.74, 6) is 2.16. The summed E-state index contributed by atoms with van der Waals surface area (Å²) in [5, 5.41) is 0. The van der Waals surface area contributed by atoms with Crippen LogP contribution >= 0.6 is 12.4 Å². The van der Waals surface area contributed by atoms with Crippen LogP contribution in [0, 0.1) is 0 Å². The van der Waals surface area contributed by atoms with Gasteiger partial charge in [-0.05, 0) is 18.2 Å². The van der Waals surface area contributed by atoms with Crippen LogP contribution in [0.3, 0.4) is 0 Å². The molecule has 5 nitrogen and oxygen atoms in total. The number of pyridine rings is 1. The van der Waals surface area contributed by atoms with Crippen molar-refractivity contribution in [2.24, 2.45) is 0 Å². The van der Waals surface area contributed by atoms with Crippen LogP contribution in [-0.2, 0) is 0 Å². The van der Waals surface area contributed by atoms with Gasteiger partial charge in [0.1, 0.15) is 23.9 Å². The monoisotopic (exact) mass is 317 g/mol. The van der Waals surface area contributed by atoms with E-state index in [0.717, 1.165) is 28.2 Å². The SMILES string of the molecule is C=CCOc1cc(OC)ccc1-c1nc2ccncc2[nH]1.Cl. The molecule has 0 spiro atoms. The summed E-state index contributed by atoms with van der Waals surface area (Å²) in [7, 11) is 1.62. The van der Waals surface area contributed by atoms with Gasteiger partial charge in [0.25, 0.3) is 0 Å².